The minimum Gasteiger partial charge on any atom is -0.508 e. The summed E-state index contributed by atoms with van der Waals surface area (Å²) in [7, 11) is 0. The molecule has 0 bridgehead atoms. The smallest absolute Gasteiger partial charge is 0.120 e. The zero-order valence-corrected chi connectivity index (χ0v) is 14.0. The van der Waals surface area contributed by atoms with Gasteiger partial charge in [0.1, 0.15) is 5.75 Å². The lowest BCUT2D eigenvalue weighted by Gasteiger charge is -2.35. The van der Waals surface area contributed by atoms with Crippen LogP contribution in [0.2, 0.25) is 5.02 Å². The van der Waals surface area contributed by atoms with E-state index in [1.807, 2.05) is 6.07 Å². The molecule has 0 unspecified atom stereocenters. The summed E-state index contributed by atoms with van der Waals surface area (Å²) >= 11 is 6.06. The highest BCUT2D eigenvalue weighted by Crippen LogP contribution is 2.34. The fourth-order valence-electron chi connectivity index (χ4n) is 2.59. The number of benzene rings is 1. The quantitative estimate of drug-likeness (QED) is 0.877. The third-order valence-electron chi connectivity index (χ3n) is 3.50. The van der Waals surface area contributed by atoms with E-state index < -0.39 is 0 Å². The lowest BCUT2D eigenvalue weighted by molar-refractivity contribution is 0.162. The number of nitrogens with one attached hydrogen (secondary N) is 1. The first kappa shape index (κ1) is 19.8. The Morgan fingerprint density at radius 1 is 1.30 bits per heavy atom. The van der Waals surface area contributed by atoms with Gasteiger partial charge in [0, 0.05) is 42.8 Å². The largest absolute Gasteiger partial charge is 0.508 e. The molecule has 2 N–H and O–H groups in total. The van der Waals surface area contributed by atoms with E-state index in [0.717, 1.165) is 44.6 Å². The second-order valence-electron chi connectivity index (χ2n) is 4.79. The van der Waals surface area contributed by atoms with Gasteiger partial charge in [0.25, 0.3) is 0 Å². The molecule has 3 nitrogen and oxygen atoms in total. The normalized spacial score (nSPS) is 16.9. The molecule has 2 rings (SSSR count). The van der Waals surface area contributed by atoms with Crippen molar-refractivity contribution in [3.63, 3.8) is 0 Å². The van der Waals surface area contributed by atoms with Gasteiger partial charge >= 0.3 is 0 Å². The Morgan fingerprint density at radius 3 is 2.55 bits per heavy atom. The molecule has 1 aromatic carbocycles. The molecule has 0 saturated carbocycles. The summed E-state index contributed by atoms with van der Waals surface area (Å²) in [6.45, 7) is 6.26. The highest BCUT2D eigenvalue weighted by Gasteiger charge is 2.23. The number of hydrogen-bond donors (Lipinski definition) is 2. The molecule has 1 aliphatic rings. The van der Waals surface area contributed by atoms with Crippen LogP contribution in [0.4, 0.5) is 0 Å². The predicted molar refractivity (Wildman–Crippen MR) is 89.7 cm³/mol. The Bertz CT molecular complexity index is 398. The lowest BCUT2D eigenvalue weighted by Crippen LogP contribution is -2.45. The van der Waals surface area contributed by atoms with Crippen LogP contribution in [0.1, 0.15) is 31.4 Å². The molecule has 1 aliphatic heterocycles. The third kappa shape index (κ3) is 4.97. The van der Waals surface area contributed by atoms with Gasteiger partial charge in [-0.05, 0) is 24.6 Å². The molecule has 1 fully saturated rings. The van der Waals surface area contributed by atoms with Gasteiger partial charge in [-0.3, -0.25) is 4.90 Å². The summed E-state index contributed by atoms with van der Waals surface area (Å²) in [5.41, 5.74) is 0.964. The number of rotatable bonds is 4. The molecule has 0 aliphatic carbocycles. The second kappa shape index (κ2) is 9.69. The fourth-order valence-corrected chi connectivity index (χ4v) is 2.77. The van der Waals surface area contributed by atoms with Crippen LogP contribution in [0.15, 0.2) is 18.2 Å². The Labute approximate surface area is 138 Å². The highest BCUT2D eigenvalue weighted by molar-refractivity contribution is 6.30. The van der Waals surface area contributed by atoms with Crippen LogP contribution in [0, 0.1) is 0 Å². The van der Waals surface area contributed by atoms with Crippen molar-refractivity contribution in [2.75, 3.05) is 26.2 Å². The summed E-state index contributed by atoms with van der Waals surface area (Å²) in [6.07, 6.45) is 2.15. The van der Waals surface area contributed by atoms with Crippen LogP contribution in [0.3, 0.4) is 0 Å². The maximum absolute atomic E-state index is 10.1. The van der Waals surface area contributed by atoms with Crippen LogP contribution in [-0.2, 0) is 0 Å². The first-order valence-electron chi connectivity index (χ1n) is 6.65. The number of halogens is 3. The molecular formula is C14H23Cl3N2O. The first-order chi connectivity index (χ1) is 8.72. The molecule has 1 heterocycles. The molecule has 6 heteroatoms. The van der Waals surface area contributed by atoms with Crippen LogP contribution in [0.25, 0.3) is 0 Å². The monoisotopic (exact) mass is 340 g/mol. The van der Waals surface area contributed by atoms with Gasteiger partial charge in [0.15, 0.2) is 0 Å². The van der Waals surface area contributed by atoms with Crippen molar-refractivity contribution in [2.45, 2.75) is 25.8 Å². The van der Waals surface area contributed by atoms with Crippen LogP contribution >= 0.6 is 36.4 Å². The van der Waals surface area contributed by atoms with Gasteiger partial charge in [-0.15, -0.1) is 24.8 Å². The topological polar surface area (TPSA) is 35.5 Å². The molecule has 1 saturated heterocycles. The summed E-state index contributed by atoms with van der Waals surface area (Å²) in [4.78, 5) is 2.44. The van der Waals surface area contributed by atoms with E-state index in [0.29, 0.717) is 10.8 Å². The second-order valence-corrected chi connectivity index (χ2v) is 5.23. The van der Waals surface area contributed by atoms with Crippen molar-refractivity contribution >= 4 is 36.4 Å². The van der Waals surface area contributed by atoms with Gasteiger partial charge < -0.3 is 10.4 Å². The summed E-state index contributed by atoms with van der Waals surface area (Å²) in [5, 5.41) is 14.1. The molecule has 1 aromatic rings. The van der Waals surface area contributed by atoms with Crippen molar-refractivity contribution < 1.29 is 5.11 Å². The SMILES string of the molecule is CCC[C@@H](c1cc(Cl)ccc1O)N1CCNCC1.Cl.Cl. The van der Waals surface area contributed by atoms with Gasteiger partial charge in [-0.2, -0.15) is 0 Å². The standard InChI is InChI=1S/C14H21ClN2O.2ClH/c1-2-3-13(17-8-6-16-7-9-17)12-10-11(15)4-5-14(12)18;;/h4-5,10,13,16,18H,2-3,6-9H2,1H3;2*1H/t13-;;/m0../s1. The Kier molecular flexibility index (Phi) is 9.60. The number of aromatic hydroxyl groups is 1. The average Bonchev–Trinajstić information content (AvgIpc) is 2.40. The number of phenols is 1. The number of hydrogen-bond acceptors (Lipinski definition) is 3. The van der Waals surface area contributed by atoms with E-state index in [1.165, 1.54) is 0 Å². The maximum Gasteiger partial charge on any atom is 0.120 e. The minimum absolute atomic E-state index is 0. The molecule has 116 valence electrons. The van der Waals surface area contributed by atoms with Crippen molar-refractivity contribution in [3.05, 3.63) is 28.8 Å². The van der Waals surface area contributed by atoms with Gasteiger partial charge in [-0.1, -0.05) is 24.9 Å². The number of nitrogens with zero attached hydrogens (tertiary/aromatic N) is 1. The van der Waals surface area contributed by atoms with E-state index in [9.17, 15) is 5.11 Å². The summed E-state index contributed by atoms with van der Waals surface area (Å²) in [6, 6.07) is 5.61. The molecule has 1 atom stereocenters. The van der Waals surface area contributed by atoms with Crippen molar-refractivity contribution in [2.24, 2.45) is 0 Å². The van der Waals surface area contributed by atoms with Gasteiger partial charge in [-0.25, -0.2) is 0 Å². The van der Waals surface area contributed by atoms with Crippen LogP contribution < -0.4 is 5.32 Å². The minimum atomic E-state index is 0. The molecule has 20 heavy (non-hydrogen) atoms. The Hall–Kier alpha value is -0.190. The Morgan fingerprint density at radius 2 is 1.95 bits per heavy atom. The van der Waals surface area contributed by atoms with E-state index in [4.69, 9.17) is 11.6 Å². The van der Waals surface area contributed by atoms with Crippen LogP contribution in [-0.4, -0.2) is 36.2 Å². The fraction of sp³-hybridized carbons (Fsp3) is 0.571. The average molecular weight is 342 g/mol. The molecule has 0 amide bonds. The Balaban J connectivity index is 0.00000180. The van der Waals surface area contributed by atoms with E-state index >= 15 is 0 Å². The number of piperazine rings is 1. The first-order valence-corrected chi connectivity index (χ1v) is 7.03. The van der Waals surface area contributed by atoms with Crippen molar-refractivity contribution in [1.29, 1.82) is 0 Å². The van der Waals surface area contributed by atoms with E-state index in [2.05, 4.69) is 17.1 Å². The molecule has 0 radical (unpaired) electrons. The van der Waals surface area contributed by atoms with Crippen molar-refractivity contribution in [3.8, 4) is 5.75 Å². The zero-order chi connectivity index (χ0) is 13.0. The van der Waals surface area contributed by atoms with Gasteiger partial charge in [0.2, 0.25) is 0 Å². The lowest BCUT2D eigenvalue weighted by atomic mass is 9.99. The third-order valence-corrected chi connectivity index (χ3v) is 3.74. The van der Waals surface area contributed by atoms with Gasteiger partial charge in [0.05, 0.1) is 0 Å². The summed E-state index contributed by atoms with van der Waals surface area (Å²) in [5.74, 6) is 0.358. The molecule has 0 spiro atoms. The van der Waals surface area contributed by atoms with Crippen LogP contribution in [0.5, 0.6) is 5.75 Å². The van der Waals surface area contributed by atoms with Crippen molar-refractivity contribution in [1.82, 2.24) is 10.2 Å². The summed E-state index contributed by atoms with van der Waals surface area (Å²) < 4.78 is 0. The highest BCUT2D eigenvalue weighted by atomic mass is 35.5. The van der Waals surface area contributed by atoms with E-state index in [-0.39, 0.29) is 30.9 Å². The number of phenolic OH excluding ortho intramolecular Hbond substituents is 1. The predicted octanol–water partition coefficient (Wildman–Crippen LogP) is 3.64. The molecular weight excluding hydrogens is 319 g/mol. The van der Waals surface area contributed by atoms with E-state index in [1.54, 1.807) is 12.1 Å². The zero-order valence-electron chi connectivity index (χ0n) is 11.6. The maximum atomic E-state index is 10.1. The molecule has 0 aromatic heterocycles.